The van der Waals surface area contributed by atoms with Gasteiger partial charge in [-0.15, -0.1) is 0 Å². The van der Waals surface area contributed by atoms with Gasteiger partial charge in [-0.1, -0.05) is 0 Å². The molecule has 0 aromatic heterocycles. The molecule has 1 unspecified atom stereocenters. The molecule has 0 bridgehead atoms. The van der Waals surface area contributed by atoms with Crippen molar-refractivity contribution in [2.45, 2.75) is 58.3 Å². The molecule has 19 heavy (non-hydrogen) atoms. The molecule has 1 aliphatic heterocycles. The van der Waals surface area contributed by atoms with E-state index in [-0.39, 0.29) is 11.9 Å². The van der Waals surface area contributed by atoms with Crippen molar-refractivity contribution in [3.8, 4) is 0 Å². The fourth-order valence-electron chi connectivity index (χ4n) is 1.83. The predicted octanol–water partition coefficient (Wildman–Crippen LogP) is 1.19. The Kier molecular flexibility index (Phi) is 5.60. The van der Waals surface area contributed by atoms with Crippen molar-refractivity contribution >= 4 is 12.0 Å². The van der Waals surface area contributed by atoms with E-state index in [4.69, 9.17) is 9.47 Å². The van der Waals surface area contributed by atoms with Crippen molar-refractivity contribution in [2.75, 3.05) is 13.2 Å². The average molecular weight is 272 g/mol. The molecule has 0 aliphatic carbocycles. The Morgan fingerprint density at radius 3 is 2.47 bits per heavy atom. The molecule has 6 heteroatoms. The van der Waals surface area contributed by atoms with Crippen molar-refractivity contribution in [3.05, 3.63) is 0 Å². The number of amides is 2. The van der Waals surface area contributed by atoms with Crippen LogP contribution in [0.5, 0.6) is 0 Å². The smallest absolute Gasteiger partial charge is 0.407 e. The molecule has 0 radical (unpaired) electrons. The summed E-state index contributed by atoms with van der Waals surface area (Å²) in [6.45, 7) is 8.24. The third-order valence-electron chi connectivity index (χ3n) is 2.64. The first-order valence-electron chi connectivity index (χ1n) is 6.70. The Labute approximate surface area is 114 Å². The van der Waals surface area contributed by atoms with Crippen LogP contribution in [0.25, 0.3) is 0 Å². The van der Waals surface area contributed by atoms with E-state index in [9.17, 15) is 9.59 Å². The molecular weight excluding hydrogens is 248 g/mol. The highest BCUT2D eigenvalue weighted by Crippen LogP contribution is 2.15. The van der Waals surface area contributed by atoms with Crippen molar-refractivity contribution in [2.24, 2.45) is 0 Å². The standard InChI is InChI=1S/C13H24N2O4/c1-5-14-11(16)10-7-6-9(8-18-10)15-12(17)19-13(2,3)4/h9-10H,5-8H2,1-4H3,(H,14,16)(H,15,17)/t9-,10?/m1/s1. The first-order chi connectivity index (χ1) is 8.81. The lowest BCUT2D eigenvalue weighted by atomic mass is 10.0. The van der Waals surface area contributed by atoms with Gasteiger partial charge in [-0.2, -0.15) is 0 Å². The van der Waals surface area contributed by atoms with Crippen molar-refractivity contribution in [1.29, 1.82) is 0 Å². The van der Waals surface area contributed by atoms with E-state index in [1.54, 1.807) is 0 Å². The summed E-state index contributed by atoms with van der Waals surface area (Å²) < 4.78 is 10.6. The number of alkyl carbamates (subject to hydrolysis) is 1. The number of carbonyl (C=O) groups is 2. The maximum atomic E-state index is 11.6. The third kappa shape index (κ3) is 5.92. The van der Waals surface area contributed by atoms with Crippen LogP contribution in [0.3, 0.4) is 0 Å². The predicted molar refractivity (Wildman–Crippen MR) is 70.8 cm³/mol. The van der Waals surface area contributed by atoms with E-state index < -0.39 is 17.8 Å². The van der Waals surface area contributed by atoms with Crippen LogP contribution in [0.1, 0.15) is 40.5 Å². The number of rotatable bonds is 3. The molecule has 2 N–H and O–H groups in total. The van der Waals surface area contributed by atoms with Crippen molar-refractivity contribution in [3.63, 3.8) is 0 Å². The van der Waals surface area contributed by atoms with Gasteiger partial charge < -0.3 is 20.1 Å². The van der Waals surface area contributed by atoms with Gasteiger partial charge in [-0.25, -0.2) is 4.79 Å². The Bertz CT molecular complexity index is 317. The normalized spacial score (nSPS) is 23.6. The summed E-state index contributed by atoms with van der Waals surface area (Å²) in [5.41, 5.74) is -0.511. The first kappa shape index (κ1) is 15.8. The second-order valence-corrected chi connectivity index (χ2v) is 5.64. The van der Waals surface area contributed by atoms with Gasteiger partial charge in [0.2, 0.25) is 5.91 Å². The fourth-order valence-corrected chi connectivity index (χ4v) is 1.83. The summed E-state index contributed by atoms with van der Waals surface area (Å²) >= 11 is 0. The first-order valence-corrected chi connectivity index (χ1v) is 6.70. The molecule has 0 aromatic carbocycles. The zero-order chi connectivity index (χ0) is 14.5. The van der Waals surface area contributed by atoms with Crippen molar-refractivity contribution in [1.82, 2.24) is 10.6 Å². The van der Waals surface area contributed by atoms with Gasteiger partial charge in [0.25, 0.3) is 0 Å². The second kappa shape index (κ2) is 6.75. The lowest BCUT2D eigenvalue weighted by molar-refractivity contribution is -0.136. The molecule has 0 saturated carbocycles. The molecule has 6 nitrogen and oxygen atoms in total. The van der Waals surface area contributed by atoms with Crippen LogP contribution in [0.15, 0.2) is 0 Å². The third-order valence-corrected chi connectivity index (χ3v) is 2.64. The van der Waals surface area contributed by atoms with Crippen LogP contribution in [0.2, 0.25) is 0 Å². The molecule has 1 fully saturated rings. The van der Waals surface area contributed by atoms with Crippen LogP contribution in [-0.2, 0) is 14.3 Å². The summed E-state index contributed by atoms with van der Waals surface area (Å²) in [5.74, 6) is -0.0850. The zero-order valence-electron chi connectivity index (χ0n) is 12.1. The van der Waals surface area contributed by atoms with Gasteiger partial charge >= 0.3 is 6.09 Å². The number of hydrogen-bond donors (Lipinski definition) is 2. The highest BCUT2D eigenvalue weighted by atomic mass is 16.6. The second-order valence-electron chi connectivity index (χ2n) is 5.64. The van der Waals surface area contributed by atoms with Gasteiger partial charge in [0.05, 0.1) is 12.6 Å². The monoisotopic (exact) mass is 272 g/mol. The van der Waals surface area contributed by atoms with Gasteiger partial charge in [-0.05, 0) is 40.5 Å². The lowest BCUT2D eigenvalue weighted by Gasteiger charge is -2.29. The van der Waals surface area contributed by atoms with Crippen LogP contribution in [0.4, 0.5) is 4.79 Å². The number of nitrogens with one attached hydrogen (secondary N) is 2. The number of carbonyl (C=O) groups excluding carboxylic acids is 2. The van der Waals surface area contributed by atoms with Crippen LogP contribution in [-0.4, -0.2) is 42.9 Å². The number of hydrogen-bond acceptors (Lipinski definition) is 4. The molecule has 1 saturated heterocycles. The highest BCUT2D eigenvalue weighted by Gasteiger charge is 2.28. The van der Waals surface area contributed by atoms with E-state index in [1.165, 1.54) is 0 Å². The van der Waals surface area contributed by atoms with Crippen molar-refractivity contribution < 1.29 is 19.1 Å². The van der Waals surface area contributed by atoms with Gasteiger partial charge in [-0.3, -0.25) is 4.79 Å². The van der Waals surface area contributed by atoms with E-state index in [1.807, 2.05) is 27.7 Å². The summed E-state index contributed by atoms with van der Waals surface area (Å²) in [6, 6.07) is -0.0967. The summed E-state index contributed by atoms with van der Waals surface area (Å²) in [6.07, 6.45) is 0.460. The fraction of sp³-hybridized carbons (Fsp3) is 0.846. The number of likely N-dealkylation sites (N-methyl/N-ethyl adjacent to an activating group) is 1. The SMILES string of the molecule is CCNC(=O)C1CC[C@@H](NC(=O)OC(C)(C)C)CO1. The quantitative estimate of drug-likeness (QED) is 0.809. The van der Waals surface area contributed by atoms with E-state index in [0.717, 1.165) is 0 Å². The van der Waals surface area contributed by atoms with Gasteiger partial charge in [0.15, 0.2) is 0 Å². The summed E-state index contributed by atoms with van der Waals surface area (Å²) in [4.78, 5) is 23.1. The zero-order valence-corrected chi connectivity index (χ0v) is 12.1. The Hall–Kier alpha value is -1.30. The Morgan fingerprint density at radius 1 is 1.32 bits per heavy atom. The maximum absolute atomic E-state index is 11.6. The summed E-state index contributed by atoms with van der Waals surface area (Å²) in [5, 5.41) is 5.47. The van der Waals surface area contributed by atoms with Crippen LogP contribution in [0, 0.1) is 0 Å². The van der Waals surface area contributed by atoms with Gasteiger partial charge in [0, 0.05) is 6.54 Å². The Balaban J connectivity index is 2.30. The highest BCUT2D eigenvalue weighted by molar-refractivity contribution is 5.80. The van der Waals surface area contributed by atoms with Gasteiger partial charge in [0.1, 0.15) is 11.7 Å². The van der Waals surface area contributed by atoms with E-state index >= 15 is 0 Å². The maximum Gasteiger partial charge on any atom is 0.407 e. The minimum absolute atomic E-state index is 0.0850. The molecule has 2 amide bonds. The van der Waals surface area contributed by atoms with Crippen LogP contribution < -0.4 is 10.6 Å². The summed E-state index contributed by atoms with van der Waals surface area (Å²) in [7, 11) is 0. The molecule has 1 heterocycles. The average Bonchev–Trinajstić information content (AvgIpc) is 2.27. The largest absolute Gasteiger partial charge is 0.444 e. The molecule has 110 valence electrons. The molecule has 1 rings (SSSR count). The Morgan fingerprint density at radius 2 is 2.00 bits per heavy atom. The molecule has 1 aliphatic rings. The number of ether oxygens (including phenoxy) is 2. The molecular formula is C13H24N2O4. The molecule has 2 atom stereocenters. The topological polar surface area (TPSA) is 76.7 Å². The van der Waals surface area contributed by atoms with E-state index in [0.29, 0.717) is 26.0 Å². The van der Waals surface area contributed by atoms with E-state index in [2.05, 4.69) is 10.6 Å². The molecule has 0 aromatic rings. The lowest BCUT2D eigenvalue weighted by Crippen LogP contribution is -2.48. The minimum Gasteiger partial charge on any atom is -0.444 e. The van der Waals surface area contributed by atoms with Crippen LogP contribution >= 0.6 is 0 Å². The molecule has 0 spiro atoms. The minimum atomic E-state index is -0.511.